The summed E-state index contributed by atoms with van der Waals surface area (Å²) in [5.74, 6) is -1.44. The molecule has 3 N–H and O–H groups in total. The molecule has 0 aliphatic rings. The molecule has 2 aromatic rings. The van der Waals surface area contributed by atoms with Crippen molar-refractivity contribution in [1.29, 1.82) is 0 Å². The van der Waals surface area contributed by atoms with E-state index in [4.69, 9.17) is 9.47 Å². The largest absolute Gasteiger partial charge is 0.454 e. The molecule has 0 saturated carbocycles. The van der Waals surface area contributed by atoms with Crippen LogP contribution in [0.5, 0.6) is 0 Å². The summed E-state index contributed by atoms with van der Waals surface area (Å²) in [7, 11) is 1.52. The van der Waals surface area contributed by atoms with Gasteiger partial charge in [0.2, 0.25) is 5.91 Å². The molecule has 1 heterocycles. The first-order valence-electron chi connectivity index (χ1n) is 8.25. The summed E-state index contributed by atoms with van der Waals surface area (Å²) < 4.78 is 9.86. The van der Waals surface area contributed by atoms with Gasteiger partial charge in [-0.25, -0.2) is 4.79 Å². The average Bonchev–Trinajstić information content (AvgIpc) is 3.02. The summed E-state index contributed by atoms with van der Waals surface area (Å²) in [6.45, 7) is 1.62. The Kier molecular flexibility index (Phi) is 7.16. The zero-order valence-electron chi connectivity index (χ0n) is 14.8. The van der Waals surface area contributed by atoms with E-state index in [0.717, 1.165) is 16.5 Å². The summed E-state index contributed by atoms with van der Waals surface area (Å²) in [5.41, 5.74) is 1.82. The average molecular weight is 361 g/mol. The maximum absolute atomic E-state index is 12.3. The van der Waals surface area contributed by atoms with Gasteiger partial charge >= 0.3 is 5.97 Å². The third-order valence-electron chi connectivity index (χ3n) is 3.73. The molecule has 1 aromatic carbocycles. The number of aromatic nitrogens is 1. The van der Waals surface area contributed by atoms with Gasteiger partial charge in [0.05, 0.1) is 6.61 Å². The molecule has 140 valence electrons. The molecule has 0 spiro atoms. The van der Waals surface area contributed by atoms with Gasteiger partial charge in [-0.15, -0.1) is 0 Å². The SMILES string of the molecule is COCCNC(=O)COC(=O)[C@H](Cc1c[nH]c2ccccc12)NC(C)=O. The Bertz CT molecular complexity index is 771. The van der Waals surface area contributed by atoms with Crippen LogP contribution in [0.3, 0.4) is 0 Å². The number of hydrogen-bond acceptors (Lipinski definition) is 5. The van der Waals surface area contributed by atoms with Crippen LogP contribution in [0.2, 0.25) is 0 Å². The number of nitrogens with one attached hydrogen (secondary N) is 3. The highest BCUT2D eigenvalue weighted by Gasteiger charge is 2.23. The van der Waals surface area contributed by atoms with E-state index in [0.29, 0.717) is 13.2 Å². The lowest BCUT2D eigenvalue weighted by Gasteiger charge is -2.16. The van der Waals surface area contributed by atoms with Crippen LogP contribution in [0.1, 0.15) is 12.5 Å². The van der Waals surface area contributed by atoms with Crippen LogP contribution in [-0.4, -0.2) is 55.7 Å². The van der Waals surface area contributed by atoms with Crippen molar-refractivity contribution in [3.8, 4) is 0 Å². The molecule has 8 heteroatoms. The number of para-hydroxylation sites is 1. The Hall–Kier alpha value is -2.87. The van der Waals surface area contributed by atoms with Gasteiger partial charge in [-0.3, -0.25) is 9.59 Å². The smallest absolute Gasteiger partial charge is 0.329 e. The number of hydrogen-bond donors (Lipinski definition) is 3. The van der Waals surface area contributed by atoms with Gasteiger partial charge in [-0.2, -0.15) is 0 Å². The van der Waals surface area contributed by atoms with Gasteiger partial charge in [0.1, 0.15) is 6.04 Å². The number of esters is 1. The number of carbonyl (C=O) groups excluding carboxylic acids is 3. The number of carbonyl (C=O) groups is 3. The molecule has 2 rings (SSSR count). The number of fused-ring (bicyclic) bond motifs is 1. The molecule has 2 amide bonds. The fraction of sp³-hybridized carbons (Fsp3) is 0.389. The maximum Gasteiger partial charge on any atom is 0.329 e. The maximum atomic E-state index is 12.3. The summed E-state index contributed by atoms with van der Waals surface area (Å²) in [4.78, 5) is 38.5. The fourth-order valence-electron chi connectivity index (χ4n) is 2.54. The first-order valence-corrected chi connectivity index (χ1v) is 8.25. The third-order valence-corrected chi connectivity index (χ3v) is 3.73. The van der Waals surface area contributed by atoms with E-state index in [2.05, 4.69) is 15.6 Å². The standard InChI is InChI=1S/C18H23N3O5/c1-12(22)21-16(18(24)26-11-17(23)19-7-8-25-2)9-13-10-20-15-6-4-3-5-14(13)15/h3-6,10,16,20H,7-9,11H2,1-2H3,(H,19,23)(H,21,22)/t16-/m0/s1. The minimum atomic E-state index is -0.876. The Morgan fingerprint density at radius 2 is 2.00 bits per heavy atom. The molecule has 0 radical (unpaired) electrons. The van der Waals surface area contributed by atoms with Gasteiger partial charge in [-0.05, 0) is 11.6 Å². The van der Waals surface area contributed by atoms with Crippen LogP contribution in [0.4, 0.5) is 0 Å². The molecule has 1 atom stereocenters. The Morgan fingerprint density at radius 3 is 2.73 bits per heavy atom. The van der Waals surface area contributed by atoms with E-state index < -0.39 is 24.5 Å². The molecule has 0 saturated heterocycles. The molecule has 1 aromatic heterocycles. The van der Waals surface area contributed by atoms with Gasteiger partial charge in [0.25, 0.3) is 5.91 Å². The zero-order chi connectivity index (χ0) is 18.9. The summed E-state index contributed by atoms with van der Waals surface area (Å²) >= 11 is 0. The molecule has 8 nitrogen and oxygen atoms in total. The topological polar surface area (TPSA) is 110 Å². The van der Waals surface area contributed by atoms with Crippen LogP contribution in [0.15, 0.2) is 30.5 Å². The summed E-state index contributed by atoms with van der Waals surface area (Å²) in [6, 6.07) is 6.79. The first-order chi connectivity index (χ1) is 12.5. The van der Waals surface area contributed by atoms with Crippen molar-refractivity contribution in [2.45, 2.75) is 19.4 Å². The van der Waals surface area contributed by atoms with Gasteiger partial charge in [-0.1, -0.05) is 18.2 Å². The Balaban J connectivity index is 1.98. The van der Waals surface area contributed by atoms with Crippen LogP contribution >= 0.6 is 0 Å². The minimum Gasteiger partial charge on any atom is -0.454 e. The van der Waals surface area contributed by atoms with Crippen molar-refractivity contribution in [1.82, 2.24) is 15.6 Å². The van der Waals surface area contributed by atoms with E-state index in [1.54, 1.807) is 6.20 Å². The van der Waals surface area contributed by atoms with E-state index in [9.17, 15) is 14.4 Å². The van der Waals surface area contributed by atoms with Crippen LogP contribution in [0.25, 0.3) is 10.9 Å². The van der Waals surface area contributed by atoms with Gasteiger partial charge in [0, 0.05) is 44.1 Å². The number of H-pyrrole nitrogens is 1. The monoisotopic (exact) mass is 361 g/mol. The second kappa shape index (κ2) is 9.57. The highest BCUT2D eigenvalue weighted by molar-refractivity contribution is 5.88. The molecule has 0 bridgehead atoms. The van der Waals surface area contributed by atoms with Crippen molar-refractivity contribution in [3.63, 3.8) is 0 Å². The minimum absolute atomic E-state index is 0.258. The number of amides is 2. The second-order valence-corrected chi connectivity index (χ2v) is 5.77. The van der Waals surface area contributed by atoms with Crippen molar-refractivity contribution in [3.05, 3.63) is 36.0 Å². The second-order valence-electron chi connectivity index (χ2n) is 5.77. The third kappa shape index (κ3) is 5.59. The number of rotatable bonds is 9. The number of benzene rings is 1. The fourth-order valence-corrected chi connectivity index (χ4v) is 2.54. The lowest BCUT2D eigenvalue weighted by Crippen LogP contribution is -2.43. The van der Waals surface area contributed by atoms with Crippen molar-refractivity contribution in [2.24, 2.45) is 0 Å². The zero-order valence-corrected chi connectivity index (χ0v) is 14.8. The van der Waals surface area contributed by atoms with Crippen LogP contribution in [0, 0.1) is 0 Å². The molecule has 0 fully saturated rings. The molecule has 0 aliphatic carbocycles. The van der Waals surface area contributed by atoms with Crippen molar-refractivity contribution >= 4 is 28.7 Å². The van der Waals surface area contributed by atoms with E-state index in [-0.39, 0.29) is 12.3 Å². The lowest BCUT2D eigenvalue weighted by atomic mass is 10.0. The van der Waals surface area contributed by atoms with Crippen LogP contribution < -0.4 is 10.6 Å². The summed E-state index contributed by atoms with van der Waals surface area (Å²) in [5, 5.41) is 6.10. The summed E-state index contributed by atoms with van der Waals surface area (Å²) in [6.07, 6.45) is 2.05. The Labute approximate surface area is 151 Å². The molecule has 26 heavy (non-hydrogen) atoms. The van der Waals surface area contributed by atoms with Crippen molar-refractivity contribution in [2.75, 3.05) is 26.9 Å². The van der Waals surface area contributed by atoms with Crippen molar-refractivity contribution < 1.29 is 23.9 Å². The predicted octanol–water partition coefficient (Wildman–Crippen LogP) is 0.521. The van der Waals surface area contributed by atoms with E-state index in [1.807, 2.05) is 24.3 Å². The molecule has 0 unspecified atom stereocenters. The van der Waals surface area contributed by atoms with Gasteiger partial charge < -0.3 is 25.1 Å². The lowest BCUT2D eigenvalue weighted by molar-refractivity contribution is -0.151. The molecular weight excluding hydrogens is 338 g/mol. The predicted molar refractivity (Wildman–Crippen MR) is 95.5 cm³/mol. The number of methoxy groups -OCH3 is 1. The van der Waals surface area contributed by atoms with E-state index in [1.165, 1.54) is 14.0 Å². The molecular formula is C18H23N3O5. The van der Waals surface area contributed by atoms with Gasteiger partial charge in [0.15, 0.2) is 6.61 Å². The van der Waals surface area contributed by atoms with Crippen LogP contribution in [-0.2, 0) is 30.3 Å². The number of aromatic amines is 1. The number of ether oxygens (including phenoxy) is 2. The van der Waals surface area contributed by atoms with E-state index >= 15 is 0 Å². The quantitative estimate of drug-likeness (QED) is 0.446. The first kappa shape index (κ1) is 19.5. The Morgan fingerprint density at radius 1 is 1.23 bits per heavy atom. The highest BCUT2D eigenvalue weighted by Crippen LogP contribution is 2.19. The molecule has 0 aliphatic heterocycles. The normalized spacial score (nSPS) is 11.8. The highest BCUT2D eigenvalue weighted by atomic mass is 16.5.